The fourth-order valence-electron chi connectivity index (χ4n) is 0.944. The second kappa shape index (κ2) is 3.36. The molecular formula is C9H8BF3. The van der Waals surface area contributed by atoms with Crippen LogP contribution in [0.15, 0.2) is 24.7 Å². The van der Waals surface area contributed by atoms with Gasteiger partial charge in [-0.15, -0.1) is 0 Å². The molecule has 0 unspecified atom stereocenters. The van der Waals surface area contributed by atoms with Gasteiger partial charge in [0.2, 0.25) is 0 Å². The molecule has 0 aliphatic rings. The molecule has 1 aromatic heterocycles. The standard InChI is InChI=1S/C9H8BF3/c1-6(2)8-4-3-7(5-10-8)9(11,12)13/h3-5H,1H2,2H3. The first-order valence-electron chi connectivity index (χ1n) is 3.74. The number of halogens is 3. The SMILES string of the molecule is C=C(C)c1bcc(C(F)(F)F)cc1. The molecule has 0 radical (unpaired) electrons. The van der Waals surface area contributed by atoms with Gasteiger partial charge in [0, 0.05) is 0 Å². The number of hydrogen-bond acceptors (Lipinski definition) is 0. The molecule has 0 aliphatic carbocycles. The average Bonchev–Trinajstić information content (AvgIpc) is 2.03. The van der Waals surface area contributed by atoms with Crippen molar-refractivity contribution in [2.24, 2.45) is 0 Å². The van der Waals surface area contributed by atoms with Crippen LogP contribution in [0, 0.1) is 0 Å². The van der Waals surface area contributed by atoms with Crippen LogP contribution in [0.2, 0.25) is 0 Å². The molecule has 1 heterocycles. The zero-order chi connectivity index (χ0) is 10.1. The van der Waals surface area contributed by atoms with Gasteiger partial charge in [0.1, 0.15) is 0 Å². The Bertz CT molecular complexity index is 311. The van der Waals surface area contributed by atoms with Crippen LogP contribution in [-0.2, 0) is 6.18 Å². The van der Waals surface area contributed by atoms with Gasteiger partial charge in [0.15, 0.2) is 0 Å². The second-order valence-electron chi connectivity index (χ2n) is 2.86. The number of rotatable bonds is 1. The van der Waals surface area contributed by atoms with Crippen LogP contribution >= 0.6 is 0 Å². The Labute approximate surface area is 75.3 Å². The summed E-state index contributed by atoms with van der Waals surface area (Å²) in [6.07, 6.45) is -4.26. The molecule has 0 saturated heterocycles. The molecule has 1 aromatic rings. The van der Waals surface area contributed by atoms with E-state index < -0.39 is 11.7 Å². The summed E-state index contributed by atoms with van der Waals surface area (Å²) in [6, 6.07) is 2.48. The zero-order valence-electron chi connectivity index (χ0n) is 7.15. The van der Waals surface area contributed by atoms with E-state index in [0.717, 1.165) is 23.1 Å². The summed E-state index contributed by atoms with van der Waals surface area (Å²) in [7, 11) is 0. The average molecular weight is 184 g/mol. The molecule has 4 heteroatoms. The molecule has 68 valence electrons. The van der Waals surface area contributed by atoms with Gasteiger partial charge in [0.25, 0.3) is 0 Å². The Morgan fingerprint density at radius 2 is 2.00 bits per heavy atom. The van der Waals surface area contributed by atoms with Gasteiger partial charge < -0.3 is 0 Å². The van der Waals surface area contributed by atoms with Gasteiger partial charge >= 0.3 is 74.5 Å². The summed E-state index contributed by atoms with van der Waals surface area (Å²) in [6.45, 7) is 6.81. The Kier molecular flexibility index (Phi) is 2.59. The first kappa shape index (κ1) is 10.0. The topological polar surface area (TPSA) is 0 Å². The molecule has 0 amide bonds. The van der Waals surface area contributed by atoms with Crippen LogP contribution in [0.3, 0.4) is 0 Å². The maximum absolute atomic E-state index is 12.1. The van der Waals surface area contributed by atoms with Crippen molar-refractivity contribution in [2.45, 2.75) is 13.1 Å². The van der Waals surface area contributed by atoms with E-state index in [-0.39, 0.29) is 0 Å². The third kappa shape index (κ3) is 2.44. The van der Waals surface area contributed by atoms with Gasteiger partial charge in [-0.1, -0.05) is 0 Å². The van der Waals surface area contributed by atoms with Crippen LogP contribution < -0.4 is 0 Å². The molecule has 0 aliphatic heterocycles. The van der Waals surface area contributed by atoms with Crippen molar-refractivity contribution in [3.63, 3.8) is 0 Å². The van der Waals surface area contributed by atoms with E-state index in [9.17, 15) is 13.2 Å². The Hall–Kier alpha value is -1.06. The van der Waals surface area contributed by atoms with E-state index in [1.165, 1.54) is 13.0 Å². The summed E-state index contributed by atoms with van der Waals surface area (Å²) >= 11 is 0. The summed E-state index contributed by atoms with van der Waals surface area (Å²) < 4.78 is 36.3. The van der Waals surface area contributed by atoms with E-state index in [1.807, 2.05) is 0 Å². The second-order valence-corrected chi connectivity index (χ2v) is 2.86. The molecule has 0 spiro atoms. The van der Waals surface area contributed by atoms with Gasteiger partial charge in [0.05, 0.1) is 0 Å². The molecule has 1 rings (SSSR count). The molecule has 0 fully saturated rings. The monoisotopic (exact) mass is 184 g/mol. The molecule has 0 N–H and O–H groups in total. The van der Waals surface area contributed by atoms with E-state index in [0.29, 0.717) is 0 Å². The molecule has 0 bridgehead atoms. The number of allylic oxidation sites excluding steroid dienone is 1. The third-order valence-corrected chi connectivity index (χ3v) is 1.71. The van der Waals surface area contributed by atoms with Crippen LogP contribution in [0.1, 0.15) is 17.9 Å². The Morgan fingerprint density at radius 1 is 1.38 bits per heavy atom. The van der Waals surface area contributed by atoms with E-state index in [2.05, 4.69) is 6.58 Å². The molecule has 13 heavy (non-hydrogen) atoms. The van der Waals surface area contributed by atoms with E-state index in [4.69, 9.17) is 0 Å². The number of hydrogen-bond donors (Lipinski definition) is 0. The molecular weight excluding hydrogens is 176 g/mol. The first-order chi connectivity index (χ1) is 5.91. The fourth-order valence-corrected chi connectivity index (χ4v) is 0.944. The van der Waals surface area contributed by atoms with Crippen LogP contribution in [0.5, 0.6) is 0 Å². The third-order valence-electron chi connectivity index (χ3n) is 1.71. The van der Waals surface area contributed by atoms with Crippen molar-refractivity contribution in [1.82, 2.24) is 0 Å². The van der Waals surface area contributed by atoms with Crippen molar-refractivity contribution in [2.75, 3.05) is 0 Å². The Morgan fingerprint density at radius 3 is 2.31 bits per heavy atom. The van der Waals surface area contributed by atoms with Crippen LogP contribution in [0.25, 0.3) is 5.57 Å². The molecule has 0 saturated carbocycles. The van der Waals surface area contributed by atoms with Crippen molar-refractivity contribution in [3.8, 4) is 0 Å². The van der Waals surface area contributed by atoms with Crippen LogP contribution in [0.4, 0.5) is 13.2 Å². The van der Waals surface area contributed by atoms with E-state index >= 15 is 0 Å². The normalized spacial score (nSPS) is 11.1. The summed E-state index contributed by atoms with van der Waals surface area (Å²) in [5.74, 6) is 1.06. The van der Waals surface area contributed by atoms with Crippen molar-refractivity contribution < 1.29 is 13.2 Å². The maximum atomic E-state index is 12.1. The summed E-state index contributed by atoms with van der Waals surface area (Å²) in [5.41, 5.74) is 0.860. The molecule has 0 aromatic carbocycles. The first-order valence-corrected chi connectivity index (χ1v) is 3.74. The van der Waals surface area contributed by atoms with Gasteiger partial charge in [-0.2, -0.15) is 0 Å². The molecule has 0 nitrogen and oxygen atoms in total. The predicted octanol–water partition coefficient (Wildman–Crippen LogP) is 3.08. The predicted molar refractivity (Wildman–Crippen MR) is 47.5 cm³/mol. The minimum absolute atomic E-state index is 0.627. The number of alkyl halides is 3. The van der Waals surface area contributed by atoms with Crippen molar-refractivity contribution in [3.05, 3.63) is 35.7 Å². The van der Waals surface area contributed by atoms with Gasteiger partial charge in [-0.3, -0.25) is 0 Å². The van der Waals surface area contributed by atoms with Gasteiger partial charge in [-0.25, -0.2) is 0 Å². The van der Waals surface area contributed by atoms with Crippen molar-refractivity contribution >= 4 is 12.5 Å². The zero-order valence-corrected chi connectivity index (χ0v) is 7.15. The fraction of sp³-hybridized carbons (Fsp3) is 0.222. The quantitative estimate of drug-likeness (QED) is 0.628. The molecule has 0 atom stereocenters. The van der Waals surface area contributed by atoms with E-state index in [1.54, 1.807) is 6.92 Å². The minimum atomic E-state index is -4.26. The Balaban J connectivity index is 3.01. The van der Waals surface area contributed by atoms with Gasteiger partial charge in [-0.05, 0) is 0 Å². The van der Waals surface area contributed by atoms with Crippen molar-refractivity contribution in [1.29, 1.82) is 0 Å². The summed E-state index contributed by atoms with van der Waals surface area (Å²) in [4.78, 5) is 0. The summed E-state index contributed by atoms with van der Waals surface area (Å²) in [5, 5.41) is 0. The van der Waals surface area contributed by atoms with Crippen LogP contribution in [-0.4, -0.2) is 6.91 Å².